The highest BCUT2D eigenvalue weighted by molar-refractivity contribution is 14.1. The van der Waals surface area contributed by atoms with Gasteiger partial charge < -0.3 is 9.47 Å². The fourth-order valence-corrected chi connectivity index (χ4v) is 4.24. The molecule has 0 radical (unpaired) electrons. The highest BCUT2D eigenvalue weighted by atomic mass is 127. The Labute approximate surface area is 202 Å². The van der Waals surface area contributed by atoms with E-state index in [4.69, 9.17) is 9.47 Å². The molecule has 2 aromatic carbocycles. The molecule has 1 aliphatic rings. The molecule has 0 bridgehead atoms. The Bertz CT molecular complexity index is 980. The van der Waals surface area contributed by atoms with Crippen molar-refractivity contribution in [2.24, 2.45) is 5.92 Å². The van der Waals surface area contributed by atoms with E-state index >= 15 is 0 Å². The second kappa shape index (κ2) is 9.53. The number of hydrogen-bond acceptors (Lipinski definition) is 3. The largest absolute Gasteiger partial charge is 0.489 e. The molecule has 1 heterocycles. The van der Waals surface area contributed by atoms with Gasteiger partial charge in [-0.3, -0.25) is 4.90 Å². The zero-order valence-corrected chi connectivity index (χ0v) is 21.3. The van der Waals surface area contributed by atoms with Crippen LogP contribution in [0.15, 0.2) is 36.4 Å². The van der Waals surface area contributed by atoms with Crippen molar-refractivity contribution in [3.05, 3.63) is 58.7 Å². The first-order valence-corrected chi connectivity index (χ1v) is 11.9. The molecule has 174 valence electrons. The zero-order chi connectivity index (χ0) is 23.7. The predicted octanol–water partition coefficient (Wildman–Crippen LogP) is 7.25. The molecule has 3 rings (SSSR count). The molecule has 0 N–H and O–H groups in total. The van der Waals surface area contributed by atoms with Crippen LogP contribution in [-0.4, -0.2) is 18.2 Å². The maximum absolute atomic E-state index is 14.2. The van der Waals surface area contributed by atoms with E-state index in [1.807, 2.05) is 52.8 Å². The lowest BCUT2D eigenvalue weighted by molar-refractivity contribution is 0.0584. The lowest BCUT2D eigenvalue weighted by atomic mass is 9.96. The molecular weight excluding hydrogens is 527 g/mol. The third kappa shape index (κ3) is 6.33. The summed E-state index contributed by atoms with van der Waals surface area (Å²) in [5.41, 5.74) is 2.68. The van der Waals surface area contributed by atoms with Gasteiger partial charge in [-0.25, -0.2) is 4.79 Å². The van der Waals surface area contributed by atoms with E-state index in [1.54, 1.807) is 23.1 Å². The molecule has 2 aromatic rings. The van der Waals surface area contributed by atoms with Crippen molar-refractivity contribution >= 4 is 34.4 Å². The first kappa shape index (κ1) is 24.7. The van der Waals surface area contributed by atoms with Crippen molar-refractivity contribution in [2.45, 2.75) is 63.6 Å². The highest BCUT2D eigenvalue weighted by Crippen LogP contribution is 2.39. The molecule has 0 unspecified atom stereocenters. The van der Waals surface area contributed by atoms with Gasteiger partial charge >= 0.3 is 10.0 Å². The van der Waals surface area contributed by atoms with Crippen molar-refractivity contribution in [1.29, 1.82) is 0 Å². The van der Waals surface area contributed by atoms with Gasteiger partial charge in [0.2, 0.25) is 0 Å². The second-order valence-corrected chi connectivity index (χ2v) is 10.9. The minimum absolute atomic E-state index is 0.0508. The van der Waals surface area contributed by atoms with Crippen molar-refractivity contribution < 1.29 is 23.0 Å². The van der Waals surface area contributed by atoms with E-state index in [9.17, 15) is 13.6 Å². The van der Waals surface area contributed by atoms with Crippen molar-refractivity contribution in [1.82, 2.24) is 0 Å². The van der Waals surface area contributed by atoms with Gasteiger partial charge in [0.1, 0.15) is 18.0 Å². The minimum Gasteiger partial charge on any atom is -0.489 e. The zero-order valence-electron chi connectivity index (χ0n) is 19.2. The molecule has 0 fully saturated rings. The number of anilines is 1. The Morgan fingerprint density at radius 2 is 1.88 bits per heavy atom. The molecule has 1 aliphatic heterocycles. The van der Waals surface area contributed by atoms with Gasteiger partial charge in [0.05, 0.1) is 5.69 Å². The lowest BCUT2D eigenvalue weighted by Gasteiger charge is -2.24. The minimum atomic E-state index is -2.93. The van der Waals surface area contributed by atoms with Crippen LogP contribution in [0.5, 0.6) is 5.75 Å². The molecule has 0 saturated heterocycles. The molecule has 7 heteroatoms. The molecule has 4 nitrogen and oxygen atoms in total. The third-order valence-corrected chi connectivity index (χ3v) is 5.65. The average Bonchev–Trinajstić information content (AvgIpc) is 3.08. The molecule has 0 saturated carbocycles. The van der Waals surface area contributed by atoms with Crippen LogP contribution in [0.25, 0.3) is 0 Å². The number of hydrogen-bond donors (Lipinski definition) is 0. The van der Waals surface area contributed by atoms with Crippen molar-refractivity contribution in [2.75, 3.05) is 11.4 Å². The summed E-state index contributed by atoms with van der Waals surface area (Å²) in [6.45, 7) is 10.3. The molecule has 0 spiro atoms. The predicted molar refractivity (Wildman–Crippen MR) is 131 cm³/mol. The quantitative estimate of drug-likeness (QED) is 0.278. The number of fused-ring (bicyclic) bond motifs is 1. The average molecular weight is 557 g/mol. The van der Waals surface area contributed by atoms with Crippen LogP contribution in [-0.2, 0) is 28.1 Å². The van der Waals surface area contributed by atoms with Gasteiger partial charge in [-0.15, -0.1) is 0 Å². The second-order valence-electron chi connectivity index (χ2n) is 9.55. The summed E-state index contributed by atoms with van der Waals surface area (Å²) < 4.78 is 36.8. The molecule has 32 heavy (non-hydrogen) atoms. The monoisotopic (exact) mass is 557 g/mol. The van der Waals surface area contributed by atoms with Crippen LogP contribution in [0.1, 0.15) is 56.9 Å². The number of carbonyl (C=O) groups is 1. The normalized spacial score (nSPS) is 14.0. The van der Waals surface area contributed by atoms with Gasteiger partial charge in [0.25, 0.3) is 0 Å². The number of rotatable bonds is 6. The number of carbonyl (C=O) groups excluding carboxylic acids is 1. The third-order valence-electron chi connectivity index (χ3n) is 5.07. The molecule has 1 amide bonds. The maximum atomic E-state index is 14.2. The number of benzene rings is 2. The van der Waals surface area contributed by atoms with E-state index in [0.717, 1.165) is 11.3 Å². The Hall–Kier alpha value is -1.90. The first-order chi connectivity index (χ1) is 14.8. The van der Waals surface area contributed by atoms with Gasteiger partial charge in [-0.1, -0.05) is 26.0 Å². The van der Waals surface area contributed by atoms with Gasteiger partial charge in [-0.2, -0.15) is 8.78 Å². The standard InChI is InChI=1S/C25H30F2INO3/c1-16(2)12-18-7-6-17(13-21(18)25(26,27)28)15-31-20-8-9-22-19(14-20)10-11-29(22)23(30)32-24(3,4)5/h6-9,13-14,16H,10-12,15H2,1-5H3. The van der Waals surface area contributed by atoms with E-state index in [0.29, 0.717) is 42.2 Å². The Morgan fingerprint density at radius 3 is 2.50 bits per heavy atom. The van der Waals surface area contributed by atoms with Crippen LogP contribution >= 0.6 is 22.6 Å². The van der Waals surface area contributed by atoms with Crippen molar-refractivity contribution in [3.8, 4) is 5.75 Å². The van der Waals surface area contributed by atoms with E-state index in [1.165, 1.54) is 22.6 Å². The lowest BCUT2D eigenvalue weighted by Crippen LogP contribution is -2.35. The number of alkyl halides is 3. The van der Waals surface area contributed by atoms with Crippen LogP contribution in [0.4, 0.5) is 19.3 Å². The Morgan fingerprint density at radius 1 is 1.16 bits per heavy atom. The summed E-state index contributed by atoms with van der Waals surface area (Å²) in [7, 11) is 0. The maximum Gasteiger partial charge on any atom is 0.414 e. The molecule has 0 atom stereocenters. The SMILES string of the molecule is CC(C)Cc1ccc(COc2ccc3c(c2)CCN3C(=O)OC(C)(C)C)cc1C(F)(F)I. The summed E-state index contributed by atoms with van der Waals surface area (Å²) in [5, 5.41) is 0. The van der Waals surface area contributed by atoms with Crippen molar-refractivity contribution in [3.63, 3.8) is 0 Å². The van der Waals surface area contributed by atoms with E-state index in [-0.39, 0.29) is 18.3 Å². The first-order valence-electron chi connectivity index (χ1n) is 10.8. The van der Waals surface area contributed by atoms with Gasteiger partial charge in [0.15, 0.2) is 0 Å². The van der Waals surface area contributed by atoms with Crippen LogP contribution in [0, 0.1) is 5.92 Å². The van der Waals surface area contributed by atoms with Gasteiger partial charge in [0, 0.05) is 34.7 Å². The van der Waals surface area contributed by atoms with E-state index in [2.05, 4.69) is 0 Å². The number of ether oxygens (including phenoxy) is 2. The smallest absolute Gasteiger partial charge is 0.414 e. The number of nitrogens with zero attached hydrogens (tertiary/aromatic N) is 1. The summed E-state index contributed by atoms with van der Waals surface area (Å²) in [6, 6.07) is 10.7. The van der Waals surface area contributed by atoms with Gasteiger partial charge in [-0.05, 0) is 80.5 Å². The molecule has 0 aliphatic carbocycles. The Kier molecular flexibility index (Phi) is 7.37. The Balaban J connectivity index is 1.71. The summed E-state index contributed by atoms with van der Waals surface area (Å²) in [6.07, 6.45) is 0.952. The summed E-state index contributed by atoms with van der Waals surface area (Å²) in [5.74, 6) is 0.935. The molecular formula is C25H30F2INO3. The topological polar surface area (TPSA) is 38.8 Å². The summed E-state index contributed by atoms with van der Waals surface area (Å²) >= 11 is 1.19. The van der Waals surface area contributed by atoms with Crippen LogP contribution in [0.3, 0.4) is 0 Å². The highest BCUT2D eigenvalue weighted by Gasteiger charge is 2.31. The fourth-order valence-electron chi connectivity index (χ4n) is 3.74. The van der Waals surface area contributed by atoms with Crippen LogP contribution in [0.2, 0.25) is 0 Å². The number of amides is 1. The van der Waals surface area contributed by atoms with Crippen LogP contribution < -0.4 is 9.64 Å². The number of halogens is 3. The summed E-state index contributed by atoms with van der Waals surface area (Å²) in [4.78, 5) is 14.1. The molecule has 0 aromatic heterocycles. The van der Waals surface area contributed by atoms with E-state index < -0.39 is 9.53 Å². The fraction of sp³-hybridized carbons (Fsp3) is 0.480.